The van der Waals surface area contributed by atoms with E-state index in [1.165, 1.54) is 0 Å². The number of nitrogens with one attached hydrogen (secondary N) is 1. The van der Waals surface area contributed by atoms with Crippen molar-refractivity contribution in [2.45, 2.75) is 39.5 Å². The van der Waals surface area contributed by atoms with E-state index in [1.54, 1.807) is 0 Å². The minimum atomic E-state index is -0.514. The molecule has 0 saturated carbocycles. The Hall–Kier alpha value is -1.35. The third-order valence-corrected chi connectivity index (χ3v) is 3.61. The van der Waals surface area contributed by atoms with E-state index >= 15 is 0 Å². The first kappa shape index (κ1) is 15.7. The Morgan fingerprint density at radius 1 is 1.16 bits per heavy atom. The molecule has 0 bridgehead atoms. The maximum Gasteiger partial charge on any atom is 0.230 e. The summed E-state index contributed by atoms with van der Waals surface area (Å²) in [5.74, 6) is 0.0591. The molecule has 0 saturated heterocycles. The molecule has 0 fully saturated rings. The van der Waals surface area contributed by atoms with Gasteiger partial charge in [0.05, 0.1) is 5.41 Å². The number of amides is 1. The van der Waals surface area contributed by atoms with Gasteiger partial charge in [-0.3, -0.25) is 4.79 Å². The first-order valence-electron chi connectivity index (χ1n) is 6.83. The Kier molecular flexibility index (Phi) is 5.12. The van der Waals surface area contributed by atoms with E-state index in [0.717, 1.165) is 12.0 Å². The van der Waals surface area contributed by atoms with Crippen LogP contribution in [0.15, 0.2) is 30.3 Å². The van der Waals surface area contributed by atoms with Crippen molar-refractivity contribution in [3.8, 4) is 0 Å². The number of nitrogens with two attached hydrogens (primary N) is 1. The molecule has 0 atom stereocenters. The molecule has 3 nitrogen and oxygen atoms in total. The van der Waals surface area contributed by atoms with E-state index in [2.05, 4.69) is 19.2 Å². The molecule has 0 aromatic heterocycles. The molecule has 0 aliphatic rings. The highest BCUT2D eigenvalue weighted by Crippen LogP contribution is 2.24. The zero-order valence-electron chi connectivity index (χ0n) is 12.5. The Morgan fingerprint density at radius 3 is 2.26 bits per heavy atom. The fourth-order valence-electron chi connectivity index (χ4n) is 2.01. The summed E-state index contributed by atoms with van der Waals surface area (Å²) in [4.78, 5) is 12.4. The summed E-state index contributed by atoms with van der Waals surface area (Å²) in [7, 11) is 0. The Labute approximate surface area is 116 Å². The van der Waals surface area contributed by atoms with E-state index in [-0.39, 0.29) is 11.3 Å². The van der Waals surface area contributed by atoms with Crippen LogP contribution in [0.25, 0.3) is 0 Å². The average molecular weight is 262 g/mol. The van der Waals surface area contributed by atoms with Gasteiger partial charge >= 0.3 is 0 Å². The number of hydrogen-bond acceptors (Lipinski definition) is 2. The third kappa shape index (κ3) is 4.35. The average Bonchev–Trinajstić information content (AvgIpc) is 2.37. The molecule has 1 amide bonds. The summed E-state index contributed by atoms with van der Waals surface area (Å²) in [5, 5.41) is 3.05. The second-order valence-corrected chi connectivity index (χ2v) is 6.38. The summed E-state index contributed by atoms with van der Waals surface area (Å²) in [6.07, 6.45) is 0.902. The van der Waals surface area contributed by atoms with Gasteiger partial charge in [-0.25, -0.2) is 0 Å². The molecule has 0 spiro atoms. The smallest absolute Gasteiger partial charge is 0.230 e. The monoisotopic (exact) mass is 262 g/mol. The number of benzene rings is 1. The molecule has 1 aromatic carbocycles. The largest absolute Gasteiger partial charge is 0.355 e. The molecule has 3 N–H and O–H groups in total. The number of carbonyl (C=O) groups is 1. The molecule has 3 heteroatoms. The summed E-state index contributed by atoms with van der Waals surface area (Å²) >= 11 is 0. The van der Waals surface area contributed by atoms with Crippen molar-refractivity contribution >= 4 is 5.91 Å². The predicted molar refractivity (Wildman–Crippen MR) is 79.9 cm³/mol. The zero-order valence-corrected chi connectivity index (χ0v) is 12.5. The quantitative estimate of drug-likeness (QED) is 0.827. The molecule has 106 valence electrons. The zero-order chi connectivity index (χ0) is 14.5. The molecular weight excluding hydrogens is 236 g/mol. The van der Waals surface area contributed by atoms with Crippen LogP contribution in [0.2, 0.25) is 0 Å². The van der Waals surface area contributed by atoms with E-state index in [1.807, 2.05) is 44.2 Å². The standard InChI is InChI=1S/C16H26N2O/c1-15(2,10-11-17)12-18-14(19)16(3,4)13-8-6-5-7-9-13/h5-9H,10-12,17H2,1-4H3,(H,18,19). The fraction of sp³-hybridized carbons (Fsp3) is 0.562. The second kappa shape index (κ2) is 6.20. The van der Waals surface area contributed by atoms with Gasteiger partial charge in [-0.15, -0.1) is 0 Å². The van der Waals surface area contributed by atoms with Crippen LogP contribution < -0.4 is 11.1 Å². The maximum atomic E-state index is 12.4. The normalized spacial score (nSPS) is 12.3. The number of hydrogen-bond donors (Lipinski definition) is 2. The van der Waals surface area contributed by atoms with Crippen molar-refractivity contribution in [3.05, 3.63) is 35.9 Å². The lowest BCUT2D eigenvalue weighted by molar-refractivity contribution is -0.126. The number of rotatable bonds is 6. The van der Waals surface area contributed by atoms with Crippen molar-refractivity contribution in [2.24, 2.45) is 11.1 Å². The van der Waals surface area contributed by atoms with Gasteiger partial charge in [0.15, 0.2) is 0 Å². The summed E-state index contributed by atoms with van der Waals surface area (Å²) in [6, 6.07) is 9.86. The molecular formula is C16H26N2O. The van der Waals surface area contributed by atoms with Crippen molar-refractivity contribution < 1.29 is 4.79 Å². The lowest BCUT2D eigenvalue weighted by atomic mass is 9.83. The highest BCUT2D eigenvalue weighted by Gasteiger charge is 2.30. The van der Waals surface area contributed by atoms with E-state index in [0.29, 0.717) is 13.1 Å². The SMILES string of the molecule is CC(C)(CCN)CNC(=O)C(C)(C)c1ccccc1. The second-order valence-electron chi connectivity index (χ2n) is 6.38. The Bertz CT molecular complexity index is 410. The molecule has 0 aliphatic heterocycles. The summed E-state index contributed by atoms with van der Waals surface area (Å²) in [5.41, 5.74) is 6.14. The molecule has 0 radical (unpaired) electrons. The minimum Gasteiger partial charge on any atom is -0.355 e. The Morgan fingerprint density at radius 2 is 1.74 bits per heavy atom. The van der Waals surface area contributed by atoms with Crippen molar-refractivity contribution in [1.29, 1.82) is 0 Å². The molecule has 19 heavy (non-hydrogen) atoms. The number of carbonyl (C=O) groups excluding carboxylic acids is 1. The van der Waals surface area contributed by atoms with Gasteiger partial charge in [0.25, 0.3) is 0 Å². The molecule has 0 aliphatic carbocycles. The van der Waals surface area contributed by atoms with Crippen LogP contribution in [0.5, 0.6) is 0 Å². The molecule has 1 aromatic rings. The topological polar surface area (TPSA) is 55.1 Å². The van der Waals surface area contributed by atoms with Crippen molar-refractivity contribution in [2.75, 3.05) is 13.1 Å². The summed E-state index contributed by atoms with van der Waals surface area (Å²) < 4.78 is 0. The highest BCUT2D eigenvalue weighted by molar-refractivity contribution is 5.87. The van der Waals surface area contributed by atoms with Crippen molar-refractivity contribution in [1.82, 2.24) is 5.32 Å². The van der Waals surface area contributed by atoms with E-state index in [4.69, 9.17) is 5.73 Å². The Balaban J connectivity index is 2.68. The van der Waals surface area contributed by atoms with E-state index < -0.39 is 5.41 Å². The van der Waals surface area contributed by atoms with Crippen molar-refractivity contribution in [3.63, 3.8) is 0 Å². The van der Waals surface area contributed by atoms with E-state index in [9.17, 15) is 4.79 Å². The lowest BCUT2D eigenvalue weighted by Gasteiger charge is -2.29. The van der Waals surface area contributed by atoms with Gasteiger partial charge in [0.2, 0.25) is 5.91 Å². The molecule has 0 unspecified atom stereocenters. The fourth-order valence-corrected chi connectivity index (χ4v) is 2.01. The maximum absolute atomic E-state index is 12.4. The van der Waals surface area contributed by atoms with Crippen LogP contribution in [-0.4, -0.2) is 19.0 Å². The van der Waals surface area contributed by atoms with Crippen LogP contribution in [-0.2, 0) is 10.2 Å². The van der Waals surface area contributed by atoms with Gasteiger partial charge < -0.3 is 11.1 Å². The van der Waals surface area contributed by atoms with Gasteiger partial charge in [-0.1, -0.05) is 44.2 Å². The summed E-state index contributed by atoms with van der Waals surface area (Å²) in [6.45, 7) is 9.44. The third-order valence-electron chi connectivity index (χ3n) is 3.61. The predicted octanol–water partition coefficient (Wildman–Crippen LogP) is 2.46. The van der Waals surface area contributed by atoms with Gasteiger partial charge in [-0.05, 0) is 37.8 Å². The van der Waals surface area contributed by atoms with Crippen LogP contribution in [0.4, 0.5) is 0 Å². The van der Waals surface area contributed by atoms with Crippen LogP contribution in [0, 0.1) is 5.41 Å². The molecule has 1 rings (SSSR count). The van der Waals surface area contributed by atoms with Gasteiger partial charge in [0.1, 0.15) is 0 Å². The lowest BCUT2D eigenvalue weighted by Crippen LogP contribution is -2.44. The van der Waals surface area contributed by atoms with Crippen LogP contribution >= 0.6 is 0 Å². The van der Waals surface area contributed by atoms with Crippen LogP contribution in [0.1, 0.15) is 39.7 Å². The molecule has 0 heterocycles. The highest BCUT2D eigenvalue weighted by atomic mass is 16.2. The first-order valence-corrected chi connectivity index (χ1v) is 6.83. The van der Waals surface area contributed by atoms with Gasteiger partial charge in [0, 0.05) is 6.54 Å². The van der Waals surface area contributed by atoms with Crippen LogP contribution in [0.3, 0.4) is 0 Å². The van der Waals surface area contributed by atoms with Gasteiger partial charge in [-0.2, -0.15) is 0 Å². The first-order chi connectivity index (χ1) is 8.79. The minimum absolute atomic E-state index is 0.0389.